The number of imide groups is 1. The molecule has 2 N–H and O–H groups in total. The van der Waals surface area contributed by atoms with Crippen molar-refractivity contribution in [1.82, 2.24) is 30.6 Å². The topological polar surface area (TPSA) is 137 Å². The van der Waals surface area contributed by atoms with Gasteiger partial charge in [0, 0.05) is 52.2 Å². The Bertz CT molecular complexity index is 994. The number of amides is 4. The summed E-state index contributed by atoms with van der Waals surface area (Å²) in [5.74, 6) is -0.0462. The zero-order chi connectivity index (χ0) is 26.6. The molecule has 0 aromatic carbocycles. The van der Waals surface area contributed by atoms with Gasteiger partial charge >= 0.3 is 6.09 Å². The van der Waals surface area contributed by atoms with Crippen molar-refractivity contribution >= 4 is 29.6 Å². The van der Waals surface area contributed by atoms with Crippen molar-refractivity contribution in [3.05, 3.63) is 17.8 Å². The predicted molar refractivity (Wildman–Crippen MR) is 135 cm³/mol. The zero-order valence-corrected chi connectivity index (χ0v) is 21.9. The van der Waals surface area contributed by atoms with Gasteiger partial charge in [0.2, 0.25) is 11.8 Å². The summed E-state index contributed by atoms with van der Waals surface area (Å²) in [6, 6.07) is 2.63. The summed E-state index contributed by atoms with van der Waals surface area (Å²) in [5, 5.41) is 13.1. The number of aromatic nitrogens is 2. The van der Waals surface area contributed by atoms with E-state index in [0.29, 0.717) is 11.7 Å². The summed E-state index contributed by atoms with van der Waals surface area (Å²) in [5.41, 5.74) is -0.342. The van der Waals surface area contributed by atoms with Crippen LogP contribution in [-0.2, 0) is 14.3 Å². The van der Waals surface area contributed by atoms with Gasteiger partial charge in [0.15, 0.2) is 11.5 Å². The van der Waals surface area contributed by atoms with E-state index >= 15 is 0 Å². The van der Waals surface area contributed by atoms with Crippen molar-refractivity contribution in [3.8, 4) is 0 Å². The highest BCUT2D eigenvalue weighted by molar-refractivity contribution is 6.03. The van der Waals surface area contributed by atoms with Crippen LogP contribution in [0.3, 0.4) is 0 Å². The van der Waals surface area contributed by atoms with Gasteiger partial charge in [-0.3, -0.25) is 24.6 Å². The van der Waals surface area contributed by atoms with Crippen LogP contribution in [0.1, 0.15) is 56.9 Å². The lowest BCUT2D eigenvalue weighted by Gasteiger charge is -2.39. The molecule has 0 bridgehead atoms. The summed E-state index contributed by atoms with van der Waals surface area (Å²) in [6.07, 6.45) is 2.20. The van der Waals surface area contributed by atoms with Crippen molar-refractivity contribution in [3.63, 3.8) is 0 Å². The Morgan fingerprint density at radius 3 is 2.32 bits per heavy atom. The van der Waals surface area contributed by atoms with E-state index in [1.54, 1.807) is 12.1 Å². The summed E-state index contributed by atoms with van der Waals surface area (Å²) in [7, 11) is 0. The molecule has 0 spiro atoms. The predicted octanol–water partition coefficient (Wildman–Crippen LogP) is 0.781. The first-order valence-electron chi connectivity index (χ1n) is 13.0. The molecule has 4 amide bonds. The van der Waals surface area contributed by atoms with Crippen LogP contribution in [0, 0.1) is 5.92 Å². The van der Waals surface area contributed by atoms with Gasteiger partial charge in [-0.2, -0.15) is 0 Å². The lowest BCUT2D eigenvalue weighted by molar-refractivity contribution is -0.134. The van der Waals surface area contributed by atoms with Crippen molar-refractivity contribution in [2.45, 2.75) is 58.1 Å². The van der Waals surface area contributed by atoms with Gasteiger partial charge in [0.25, 0.3) is 5.91 Å². The fraction of sp³-hybridized carbons (Fsp3) is 0.680. The fourth-order valence-electron chi connectivity index (χ4n) is 4.83. The van der Waals surface area contributed by atoms with E-state index in [-0.39, 0.29) is 30.5 Å². The van der Waals surface area contributed by atoms with Gasteiger partial charge in [-0.1, -0.05) is 0 Å². The highest BCUT2D eigenvalue weighted by atomic mass is 16.6. The quantitative estimate of drug-likeness (QED) is 0.545. The minimum Gasteiger partial charge on any atom is -0.444 e. The van der Waals surface area contributed by atoms with Gasteiger partial charge < -0.3 is 19.9 Å². The summed E-state index contributed by atoms with van der Waals surface area (Å²) >= 11 is 0. The van der Waals surface area contributed by atoms with Crippen LogP contribution < -0.4 is 15.5 Å². The molecule has 4 rings (SSSR count). The van der Waals surface area contributed by atoms with Crippen molar-refractivity contribution in [2.75, 3.05) is 50.7 Å². The van der Waals surface area contributed by atoms with E-state index in [2.05, 4.69) is 30.6 Å². The molecular formula is C25H37N7O5. The number of piperazine rings is 1. The number of carbonyl (C=O) groups excluding carboxylic acids is 4. The lowest BCUT2D eigenvalue weighted by Crippen LogP contribution is -2.52. The summed E-state index contributed by atoms with van der Waals surface area (Å²) < 4.78 is 5.49. The van der Waals surface area contributed by atoms with Gasteiger partial charge in [-0.15, -0.1) is 10.2 Å². The van der Waals surface area contributed by atoms with Crippen LogP contribution in [0.4, 0.5) is 10.6 Å². The van der Waals surface area contributed by atoms with E-state index < -0.39 is 23.5 Å². The fourth-order valence-corrected chi connectivity index (χ4v) is 4.83. The molecule has 37 heavy (non-hydrogen) atoms. The largest absolute Gasteiger partial charge is 0.444 e. The third-order valence-electron chi connectivity index (χ3n) is 6.91. The van der Waals surface area contributed by atoms with Crippen LogP contribution in [0.2, 0.25) is 0 Å². The molecule has 1 atom stereocenters. The number of hydrogen-bond donors (Lipinski definition) is 2. The van der Waals surface area contributed by atoms with Crippen LogP contribution in [0.5, 0.6) is 0 Å². The number of nitrogens with zero attached hydrogens (tertiary/aromatic N) is 5. The number of ether oxygens (including phenoxy) is 1. The van der Waals surface area contributed by atoms with Crippen molar-refractivity contribution < 1.29 is 23.9 Å². The molecule has 12 nitrogen and oxygen atoms in total. The van der Waals surface area contributed by atoms with Crippen molar-refractivity contribution in [1.29, 1.82) is 0 Å². The molecular weight excluding hydrogens is 478 g/mol. The monoisotopic (exact) mass is 515 g/mol. The van der Waals surface area contributed by atoms with Gasteiger partial charge in [-0.05, 0) is 58.1 Å². The molecule has 3 fully saturated rings. The van der Waals surface area contributed by atoms with Crippen LogP contribution >= 0.6 is 0 Å². The lowest BCUT2D eigenvalue weighted by atomic mass is 9.96. The molecule has 1 aromatic heterocycles. The molecule has 4 heterocycles. The second-order valence-corrected chi connectivity index (χ2v) is 11.0. The number of nitrogens with one attached hydrogen (secondary N) is 2. The van der Waals surface area contributed by atoms with Gasteiger partial charge in [0.1, 0.15) is 11.6 Å². The van der Waals surface area contributed by atoms with Crippen LogP contribution in [0.25, 0.3) is 0 Å². The average molecular weight is 516 g/mol. The standard InChI is InChI=1S/C25H37N7O5/c1-25(2,3)37-24(36)32-10-8-17(9-11-32)16-30-12-14-31(15-13-30)20-6-4-19(28-29-20)23(35)26-18-5-7-21(33)27-22(18)34/h4,6,17-18H,5,7-16H2,1-3H3,(H,26,35)(H,27,33,34). The number of anilines is 1. The third kappa shape index (κ3) is 7.37. The first-order chi connectivity index (χ1) is 17.6. The Morgan fingerprint density at radius 2 is 1.73 bits per heavy atom. The molecule has 3 aliphatic rings. The minimum atomic E-state index is -0.746. The van der Waals surface area contributed by atoms with E-state index in [0.717, 1.165) is 58.7 Å². The molecule has 0 radical (unpaired) electrons. The Hall–Kier alpha value is -3.28. The SMILES string of the molecule is CC(C)(C)OC(=O)N1CCC(CN2CCN(c3ccc(C(=O)NC4CCC(=O)NC4=O)nn3)CC2)CC1. The first kappa shape index (κ1) is 26.8. The first-order valence-corrected chi connectivity index (χ1v) is 13.0. The molecule has 3 aliphatic heterocycles. The van der Waals surface area contributed by atoms with E-state index in [4.69, 9.17) is 4.74 Å². The number of likely N-dealkylation sites (tertiary alicyclic amines) is 1. The van der Waals surface area contributed by atoms with Gasteiger partial charge in [-0.25, -0.2) is 4.79 Å². The Kier molecular flexibility index (Phi) is 8.25. The van der Waals surface area contributed by atoms with Gasteiger partial charge in [0.05, 0.1) is 0 Å². The maximum absolute atomic E-state index is 12.5. The number of piperidine rings is 2. The second-order valence-electron chi connectivity index (χ2n) is 11.0. The number of hydrogen-bond acceptors (Lipinski definition) is 9. The molecule has 1 aromatic rings. The number of rotatable bonds is 5. The smallest absolute Gasteiger partial charge is 0.410 e. The molecule has 202 valence electrons. The van der Waals surface area contributed by atoms with Crippen LogP contribution in [-0.4, -0.2) is 101 Å². The Morgan fingerprint density at radius 1 is 1.03 bits per heavy atom. The molecule has 0 aliphatic carbocycles. The third-order valence-corrected chi connectivity index (χ3v) is 6.91. The normalized spacial score (nSPS) is 22.0. The number of carbonyl (C=O) groups is 4. The summed E-state index contributed by atoms with van der Waals surface area (Å²) in [4.78, 5) is 54.3. The Labute approximate surface area is 217 Å². The van der Waals surface area contributed by atoms with E-state index in [9.17, 15) is 19.2 Å². The maximum Gasteiger partial charge on any atom is 0.410 e. The average Bonchev–Trinajstić information content (AvgIpc) is 2.86. The molecule has 12 heteroatoms. The van der Waals surface area contributed by atoms with E-state index in [1.807, 2.05) is 25.7 Å². The van der Waals surface area contributed by atoms with Crippen LogP contribution in [0.15, 0.2) is 12.1 Å². The summed E-state index contributed by atoms with van der Waals surface area (Å²) in [6.45, 7) is 11.6. The Balaban J connectivity index is 1.19. The molecule has 0 saturated carbocycles. The highest BCUT2D eigenvalue weighted by Gasteiger charge is 2.30. The van der Waals surface area contributed by atoms with E-state index in [1.165, 1.54) is 0 Å². The zero-order valence-electron chi connectivity index (χ0n) is 21.9. The molecule has 3 saturated heterocycles. The second kappa shape index (κ2) is 11.4. The highest BCUT2D eigenvalue weighted by Crippen LogP contribution is 2.22. The molecule has 1 unspecified atom stereocenters. The van der Waals surface area contributed by atoms with Crippen molar-refractivity contribution in [2.24, 2.45) is 5.92 Å². The minimum absolute atomic E-state index is 0.129. The maximum atomic E-state index is 12.5.